The highest BCUT2D eigenvalue weighted by Gasteiger charge is 2.15. The van der Waals surface area contributed by atoms with Crippen molar-refractivity contribution in [3.05, 3.63) is 34.4 Å². The Balaban J connectivity index is 2.38. The third kappa shape index (κ3) is 2.03. The summed E-state index contributed by atoms with van der Waals surface area (Å²) in [7, 11) is 1.76. The molecule has 6 nitrogen and oxygen atoms in total. The Morgan fingerprint density at radius 2 is 2.29 bits per heavy atom. The Bertz CT molecular complexity index is 573. The van der Waals surface area contributed by atoms with Gasteiger partial charge in [0.1, 0.15) is 5.69 Å². The molecule has 0 aliphatic carbocycles. The van der Waals surface area contributed by atoms with Crippen molar-refractivity contribution in [2.24, 2.45) is 7.05 Å². The van der Waals surface area contributed by atoms with Gasteiger partial charge in [0.05, 0.1) is 23.0 Å². The van der Waals surface area contributed by atoms with E-state index in [0.29, 0.717) is 10.7 Å². The van der Waals surface area contributed by atoms with Gasteiger partial charge in [-0.25, -0.2) is 4.79 Å². The molecule has 90 valence electrons. The molecule has 0 saturated carbocycles. The maximum absolute atomic E-state index is 10.9. The van der Waals surface area contributed by atoms with Crippen LogP contribution in [-0.4, -0.2) is 30.6 Å². The highest BCUT2D eigenvalue weighted by atomic mass is 35.5. The number of aromatic carboxylic acids is 1. The summed E-state index contributed by atoms with van der Waals surface area (Å²) >= 11 is 6.09. The smallest absolute Gasteiger partial charge is 0.354 e. The molecule has 0 spiro atoms. The lowest BCUT2D eigenvalue weighted by molar-refractivity contribution is 0.0684. The van der Waals surface area contributed by atoms with Crippen LogP contribution < -0.4 is 0 Å². The molecule has 0 saturated heterocycles. The number of halogens is 1. The van der Waals surface area contributed by atoms with Crippen molar-refractivity contribution >= 4 is 17.6 Å². The second-order valence-corrected chi connectivity index (χ2v) is 4.03. The van der Waals surface area contributed by atoms with Crippen LogP contribution in [-0.2, 0) is 13.6 Å². The van der Waals surface area contributed by atoms with Gasteiger partial charge in [-0.3, -0.25) is 9.36 Å². The van der Waals surface area contributed by atoms with E-state index in [-0.39, 0.29) is 12.2 Å². The minimum absolute atomic E-state index is 0.125. The van der Waals surface area contributed by atoms with E-state index in [1.54, 1.807) is 18.7 Å². The van der Waals surface area contributed by atoms with E-state index >= 15 is 0 Å². The van der Waals surface area contributed by atoms with E-state index < -0.39 is 5.97 Å². The van der Waals surface area contributed by atoms with E-state index in [1.165, 1.54) is 16.9 Å². The summed E-state index contributed by atoms with van der Waals surface area (Å²) < 4.78 is 3.01. The SMILES string of the molecule is Cc1nn(C)c(Cn2nccc2C(=O)O)c1Cl. The Morgan fingerprint density at radius 3 is 2.82 bits per heavy atom. The number of aryl methyl sites for hydroxylation is 2. The van der Waals surface area contributed by atoms with Crippen LogP contribution >= 0.6 is 11.6 Å². The number of hydrogen-bond acceptors (Lipinski definition) is 3. The summed E-state index contributed by atoms with van der Waals surface area (Å²) in [4.78, 5) is 10.9. The van der Waals surface area contributed by atoms with Crippen LogP contribution in [0.15, 0.2) is 12.3 Å². The lowest BCUT2D eigenvalue weighted by Gasteiger charge is -2.05. The molecule has 0 fully saturated rings. The third-order valence-electron chi connectivity index (χ3n) is 2.50. The maximum Gasteiger partial charge on any atom is 0.354 e. The number of carboxylic acid groups (broad SMARTS) is 1. The number of carbonyl (C=O) groups is 1. The van der Waals surface area contributed by atoms with Crippen molar-refractivity contribution in [2.45, 2.75) is 13.5 Å². The van der Waals surface area contributed by atoms with E-state index in [2.05, 4.69) is 10.2 Å². The zero-order chi connectivity index (χ0) is 12.6. The molecule has 2 heterocycles. The molecular formula is C10H11ClN4O2. The first-order valence-corrected chi connectivity index (χ1v) is 5.31. The van der Waals surface area contributed by atoms with E-state index in [1.807, 2.05) is 0 Å². The molecule has 1 N–H and O–H groups in total. The van der Waals surface area contributed by atoms with Crippen LogP contribution in [0.2, 0.25) is 5.02 Å². The van der Waals surface area contributed by atoms with Crippen molar-refractivity contribution in [3.8, 4) is 0 Å². The van der Waals surface area contributed by atoms with Gasteiger partial charge in [0, 0.05) is 13.2 Å². The van der Waals surface area contributed by atoms with Crippen LogP contribution in [0, 0.1) is 6.92 Å². The lowest BCUT2D eigenvalue weighted by Crippen LogP contribution is -2.13. The minimum Gasteiger partial charge on any atom is -0.477 e. The Kier molecular flexibility index (Phi) is 2.89. The number of hydrogen-bond donors (Lipinski definition) is 1. The van der Waals surface area contributed by atoms with Crippen molar-refractivity contribution < 1.29 is 9.90 Å². The van der Waals surface area contributed by atoms with Crippen LogP contribution in [0.25, 0.3) is 0 Å². The van der Waals surface area contributed by atoms with Crippen molar-refractivity contribution in [3.63, 3.8) is 0 Å². The predicted octanol–water partition coefficient (Wildman–Crippen LogP) is 1.32. The summed E-state index contributed by atoms with van der Waals surface area (Å²) in [6, 6.07) is 1.44. The van der Waals surface area contributed by atoms with Gasteiger partial charge in [0.2, 0.25) is 0 Å². The average molecular weight is 255 g/mol. The Hall–Kier alpha value is -1.82. The molecule has 0 aliphatic heterocycles. The molecule has 0 atom stereocenters. The highest BCUT2D eigenvalue weighted by molar-refractivity contribution is 6.31. The number of nitrogens with zero attached hydrogens (tertiary/aromatic N) is 4. The molecular weight excluding hydrogens is 244 g/mol. The van der Waals surface area contributed by atoms with Gasteiger partial charge in [-0.1, -0.05) is 11.6 Å². The first-order valence-electron chi connectivity index (χ1n) is 4.93. The van der Waals surface area contributed by atoms with Gasteiger partial charge in [0.15, 0.2) is 0 Å². The maximum atomic E-state index is 10.9. The molecule has 0 aliphatic rings. The van der Waals surface area contributed by atoms with Crippen molar-refractivity contribution in [1.29, 1.82) is 0 Å². The molecule has 0 unspecified atom stereocenters. The summed E-state index contributed by atoms with van der Waals surface area (Å²) in [5, 5.41) is 17.6. The fourth-order valence-electron chi connectivity index (χ4n) is 1.63. The molecule has 0 amide bonds. The molecule has 0 aromatic carbocycles. The third-order valence-corrected chi connectivity index (χ3v) is 2.99. The van der Waals surface area contributed by atoms with E-state index in [0.717, 1.165) is 5.69 Å². The normalized spacial score (nSPS) is 10.8. The monoisotopic (exact) mass is 254 g/mol. The second kappa shape index (κ2) is 4.21. The summed E-state index contributed by atoms with van der Waals surface area (Å²) in [6.07, 6.45) is 1.45. The lowest BCUT2D eigenvalue weighted by atomic mass is 10.3. The molecule has 2 aromatic rings. The van der Waals surface area contributed by atoms with Gasteiger partial charge >= 0.3 is 5.97 Å². The summed E-state index contributed by atoms with van der Waals surface area (Å²) in [5.41, 5.74) is 1.57. The van der Waals surface area contributed by atoms with E-state index in [9.17, 15) is 4.79 Å². The number of aromatic nitrogens is 4. The van der Waals surface area contributed by atoms with Gasteiger partial charge in [-0.05, 0) is 13.0 Å². The zero-order valence-corrected chi connectivity index (χ0v) is 10.1. The van der Waals surface area contributed by atoms with Crippen molar-refractivity contribution in [2.75, 3.05) is 0 Å². The first-order chi connectivity index (χ1) is 8.00. The topological polar surface area (TPSA) is 72.9 Å². The second-order valence-electron chi connectivity index (χ2n) is 3.65. The molecule has 7 heteroatoms. The van der Waals surface area contributed by atoms with Crippen LogP contribution in [0.3, 0.4) is 0 Å². The molecule has 0 radical (unpaired) electrons. The average Bonchev–Trinajstić information content (AvgIpc) is 2.80. The molecule has 2 rings (SSSR count). The summed E-state index contributed by atoms with van der Waals surface area (Å²) in [6.45, 7) is 2.08. The molecule has 0 bridgehead atoms. The number of rotatable bonds is 3. The predicted molar refractivity (Wildman–Crippen MR) is 61.2 cm³/mol. The number of carboxylic acids is 1. The largest absolute Gasteiger partial charge is 0.477 e. The fourth-order valence-corrected chi connectivity index (χ4v) is 1.85. The highest BCUT2D eigenvalue weighted by Crippen LogP contribution is 2.20. The first kappa shape index (κ1) is 11.7. The Labute approximate surface area is 102 Å². The molecule has 2 aromatic heterocycles. The van der Waals surface area contributed by atoms with Gasteiger partial charge in [0.25, 0.3) is 0 Å². The van der Waals surface area contributed by atoms with Crippen LogP contribution in [0.4, 0.5) is 0 Å². The quantitative estimate of drug-likeness (QED) is 0.897. The standard InChI is InChI=1S/C10H11ClN4O2/c1-6-9(11)8(14(2)13-6)5-15-7(10(16)17)3-4-12-15/h3-4H,5H2,1-2H3,(H,16,17). The Morgan fingerprint density at radius 1 is 1.59 bits per heavy atom. The van der Waals surface area contributed by atoms with Crippen molar-refractivity contribution in [1.82, 2.24) is 19.6 Å². The zero-order valence-electron chi connectivity index (χ0n) is 9.38. The van der Waals surface area contributed by atoms with Crippen LogP contribution in [0.5, 0.6) is 0 Å². The van der Waals surface area contributed by atoms with Gasteiger partial charge in [-0.2, -0.15) is 10.2 Å². The van der Waals surface area contributed by atoms with Gasteiger partial charge in [-0.15, -0.1) is 0 Å². The van der Waals surface area contributed by atoms with Crippen LogP contribution in [0.1, 0.15) is 21.9 Å². The van der Waals surface area contributed by atoms with Gasteiger partial charge < -0.3 is 5.11 Å². The van der Waals surface area contributed by atoms with E-state index in [4.69, 9.17) is 16.7 Å². The summed E-state index contributed by atoms with van der Waals surface area (Å²) in [5.74, 6) is -1.02. The minimum atomic E-state index is -1.02. The fraction of sp³-hybridized carbons (Fsp3) is 0.300. The molecule has 17 heavy (non-hydrogen) atoms.